The predicted molar refractivity (Wildman–Crippen MR) is 105 cm³/mol. The van der Waals surface area contributed by atoms with Crippen LogP contribution in [0.1, 0.15) is 44.1 Å². The molecule has 1 aromatic carbocycles. The molecular weight excluding hydrogens is 338 g/mol. The Kier molecular flexibility index (Phi) is 5.48. The Bertz CT molecular complexity index is 673. The molecule has 0 bridgehead atoms. The van der Waals surface area contributed by atoms with E-state index in [4.69, 9.17) is 0 Å². The zero-order valence-electron chi connectivity index (χ0n) is 16.2. The number of piperidine rings is 2. The van der Waals surface area contributed by atoms with E-state index >= 15 is 0 Å². The van der Waals surface area contributed by atoms with Crippen molar-refractivity contribution in [1.29, 1.82) is 0 Å². The lowest BCUT2D eigenvalue weighted by Gasteiger charge is -2.48. The molecule has 5 heteroatoms. The molecular formula is C22H31N3O2. The quantitative estimate of drug-likeness (QED) is 0.836. The van der Waals surface area contributed by atoms with Gasteiger partial charge in [-0.3, -0.25) is 14.5 Å². The van der Waals surface area contributed by atoms with Gasteiger partial charge in [-0.15, -0.1) is 0 Å². The van der Waals surface area contributed by atoms with E-state index in [2.05, 4.69) is 27.2 Å². The van der Waals surface area contributed by atoms with Crippen LogP contribution in [0.4, 0.5) is 0 Å². The maximum atomic E-state index is 12.4. The minimum atomic E-state index is 0.119. The van der Waals surface area contributed by atoms with Crippen LogP contribution in [-0.4, -0.2) is 60.4 Å². The molecule has 2 amide bonds. The Morgan fingerprint density at radius 1 is 1.15 bits per heavy atom. The number of rotatable bonds is 6. The van der Waals surface area contributed by atoms with Crippen molar-refractivity contribution in [2.45, 2.75) is 51.0 Å². The van der Waals surface area contributed by atoms with E-state index in [1.54, 1.807) is 0 Å². The van der Waals surface area contributed by atoms with Crippen molar-refractivity contribution < 1.29 is 9.59 Å². The number of amides is 2. The standard InChI is InChI=1S/C22H31N3O2/c26-20(23-13-10-18-5-2-1-3-6-18)15-24-14-4-11-22(16-24)12-9-21(27)25(17-22)19-7-8-19/h1-3,5-6,19H,4,7-17H2,(H,23,26). The van der Waals surface area contributed by atoms with Crippen LogP contribution in [-0.2, 0) is 16.0 Å². The van der Waals surface area contributed by atoms with E-state index in [9.17, 15) is 9.59 Å². The highest BCUT2D eigenvalue weighted by molar-refractivity contribution is 5.78. The molecule has 1 atom stereocenters. The van der Waals surface area contributed by atoms with Crippen LogP contribution in [0.3, 0.4) is 0 Å². The molecule has 146 valence electrons. The Morgan fingerprint density at radius 2 is 1.96 bits per heavy atom. The van der Waals surface area contributed by atoms with Gasteiger partial charge in [0.2, 0.25) is 11.8 Å². The van der Waals surface area contributed by atoms with E-state index in [1.165, 1.54) is 24.8 Å². The number of hydrogen-bond donors (Lipinski definition) is 1. The number of benzene rings is 1. The summed E-state index contributed by atoms with van der Waals surface area (Å²) in [7, 11) is 0. The highest BCUT2D eigenvalue weighted by atomic mass is 16.2. The normalized spacial score (nSPS) is 26.4. The minimum absolute atomic E-state index is 0.119. The molecule has 1 N–H and O–H groups in total. The van der Waals surface area contributed by atoms with Crippen LogP contribution >= 0.6 is 0 Å². The predicted octanol–water partition coefficient (Wildman–Crippen LogP) is 2.21. The minimum Gasteiger partial charge on any atom is -0.355 e. The lowest BCUT2D eigenvalue weighted by atomic mass is 9.73. The molecule has 1 unspecified atom stereocenters. The van der Waals surface area contributed by atoms with Crippen molar-refractivity contribution in [2.75, 3.05) is 32.7 Å². The summed E-state index contributed by atoms with van der Waals surface area (Å²) >= 11 is 0. The van der Waals surface area contributed by atoms with Crippen LogP contribution in [0.15, 0.2) is 30.3 Å². The van der Waals surface area contributed by atoms with E-state index in [0.717, 1.165) is 38.9 Å². The SMILES string of the molecule is O=C(CN1CCCC2(CCC(=O)N(C3CC3)C2)C1)NCCc1ccccc1. The third-order valence-corrected chi connectivity index (χ3v) is 6.37. The zero-order valence-corrected chi connectivity index (χ0v) is 16.2. The molecule has 5 nitrogen and oxygen atoms in total. The van der Waals surface area contributed by atoms with Gasteiger partial charge in [-0.05, 0) is 50.6 Å². The largest absolute Gasteiger partial charge is 0.355 e. The fourth-order valence-electron chi connectivity index (χ4n) is 4.79. The molecule has 2 saturated heterocycles. The summed E-state index contributed by atoms with van der Waals surface area (Å²) in [6.45, 7) is 4.02. The van der Waals surface area contributed by atoms with Gasteiger partial charge in [-0.1, -0.05) is 30.3 Å². The van der Waals surface area contributed by atoms with Crippen molar-refractivity contribution in [2.24, 2.45) is 5.41 Å². The first kappa shape index (κ1) is 18.5. The van der Waals surface area contributed by atoms with Gasteiger partial charge < -0.3 is 10.2 Å². The van der Waals surface area contributed by atoms with Crippen molar-refractivity contribution in [3.63, 3.8) is 0 Å². The van der Waals surface area contributed by atoms with Gasteiger partial charge in [0.1, 0.15) is 0 Å². The van der Waals surface area contributed by atoms with Gasteiger partial charge in [0.15, 0.2) is 0 Å². The van der Waals surface area contributed by atoms with E-state index in [0.29, 0.717) is 31.5 Å². The molecule has 27 heavy (non-hydrogen) atoms. The molecule has 1 saturated carbocycles. The lowest BCUT2D eigenvalue weighted by molar-refractivity contribution is -0.140. The Labute approximate surface area is 162 Å². The molecule has 1 aliphatic carbocycles. The van der Waals surface area contributed by atoms with Crippen LogP contribution in [0.2, 0.25) is 0 Å². The Hall–Kier alpha value is -1.88. The number of nitrogens with one attached hydrogen (secondary N) is 1. The first-order valence-corrected chi connectivity index (χ1v) is 10.5. The number of carbonyl (C=O) groups excluding carboxylic acids is 2. The van der Waals surface area contributed by atoms with Gasteiger partial charge in [-0.25, -0.2) is 0 Å². The summed E-state index contributed by atoms with van der Waals surface area (Å²) < 4.78 is 0. The third kappa shape index (κ3) is 4.70. The van der Waals surface area contributed by atoms with Gasteiger partial charge in [0, 0.05) is 37.5 Å². The molecule has 0 radical (unpaired) electrons. The van der Waals surface area contributed by atoms with Crippen molar-refractivity contribution in [3.8, 4) is 0 Å². The number of nitrogens with zero attached hydrogens (tertiary/aromatic N) is 2. The molecule has 2 heterocycles. The maximum Gasteiger partial charge on any atom is 0.234 e. The van der Waals surface area contributed by atoms with Gasteiger partial charge in [0.05, 0.1) is 6.54 Å². The third-order valence-electron chi connectivity index (χ3n) is 6.37. The van der Waals surface area contributed by atoms with Crippen LogP contribution in [0.25, 0.3) is 0 Å². The molecule has 3 aliphatic rings. The van der Waals surface area contributed by atoms with E-state index < -0.39 is 0 Å². The summed E-state index contributed by atoms with van der Waals surface area (Å²) in [5.74, 6) is 0.466. The molecule has 4 rings (SSSR count). The fourth-order valence-corrected chi connectivity index (χ4v) is 4.79. The summed E-state index contributed by atoms with van der Waals surface area (Å²) in [5, 5.41) is 3.07. The first-order chi connectivity index (χ1) is 13.1. The Balaban J connectivity index is 1.25. The van der Waals surface area contributed by atoms with Crippen LogP contribution in [0, 0.1) is 5.41 Å². The van der Waals surface area contributed by atoms with Gasteiger partial charge >= 0.3 is 0 Å². The molecule has 1 aromatic rings. The molecule has 1 spiro atoms. The van der Waals surface area contributed by atoms with Crippen molar-refractivity contribution >= 4 is 11.8 Å². The topological polar surface area (TPSA) is 52.7 Å². The summed E-state index contributed by atoms with van der Waals surface area (Å²) in [6.07, 6.45) is 7.22. The maximum absolute atomic E-state index is 12.4. The highest BCUT2D eigenvalue weighted by Crippen LogP contribution is 2.42. The number of hydrogen-bond acceptors (Lipinski definition) is 3. The van der Waals surface area contributed by atoms with Gasteiger partial charge in [-0.2, -0.15) is 0 Å². The van der Waals surface area contributed by atoms with E-state index in [-0.39, 0.29) is 11.3 Å². The summed E-state index contributed by atoms with van der Waals surface area (Å²) in [4.78, 5) is 29.1. The first-order valence-electron chi connectivity index (χ1n) is 10.5. The second kappa shape index (κ2) is 8.01. The average molecular weight is 370 g/mol. The fraction of sp³-hybridized carbons (Fsp3) is 0.636. The second-order valence-electron chi connectivity index (χ2n) is 8.65. The van der Waals surface area contributed by atoms with E-state index in [1.807, 2.05) is 18.2 Å². The molecule has 2 aliphatic heterocycles. The monoisotopic (exact) mass is 369 g/mol. The van der Waals surface area contributed by atoms with Gasteiger partial charge in [0.25, 0.3) is 0 Å². The summed E-state index contributed by atoms with van der Waals surface area (Å²) in [5.41, 5.74) is 1.46. The molecule has 3 fully saturated rings. The smallest absolute Gasteiger partial charge is 0.234 e. The average Bonchev–Trinajstić information content (AvgIpc) is 3.50. The van der Waals surface area contributed by atoms with Crippen LogP contribution in [0.5, 0.6) is 0 Å². The van der Waals surface area contributed by atoms with Crippen LogP contribution < -0.4 is 5.32 Å². The summed E-state index contributed by atoms with van der Waals surface area (Å²) in [6, 6.07) is 10.8. The van der Waals surface area contributed by atoms with Crippen molar-refractivity contribution in [3.05, 3.63) is 35.9 Å². The number of carbonyl (C=O) groups is 2. The number of likely N-dealkylation sites (tertiary alicyclic amines) is 2. The molecule has 0 aromatic heterocycles. The highest BCUT2D eigenvalue weighted by Gasteiger charge is 2.45. The Morgan fingerprint density at radius 3 is 2.74 bits per heavy atom. The lowest BCUT2D eigenvalue weighted by Crippen LogP contribution is -2.55. The second-order valence-corrected chi connectivity index (χ2v) is 8.65. The van der Waals surface area contributed by atoms with Crippen molar-refractivity contribution in [1.82, 2.24) is 15.1 Å². The zero-order chi connectivity index (χ0) is 18.7.